The fraction of sp³-hybridized carbons (Fsp3) is 0.500. The molecule has 4 nitrogen and oxygen atoms in total. The molecule has 0 unspecified atom stereocenters. The molecule has 0 spiro atoms. The summed E-state index contributed by atoms with van der Waals surface area (Å²) in [6.07, 6.45) is 5.71. The van der Waals surface area contributed by atoms with Crippen LogP contribution in [0.2, 0.25) is 0 Å². The van der Waals surface area contributed by atoms with E-state index in [9.17, 15) is 9.59 Å². The van der Waals surface area contributed by atoms with Gasteiger partial charge in [0.2, 0.25) is 11.8 Å². The minimum atomic E-state index is -0.838. The van der Waals surface area contributed by atoms with Crippen molar-refractivity contribution in [3.05, 3.63) is 28.7 Å². The normalized spacial score (nSPS) is 20.0. The molecule has 21 heavy (non-hydrogen) atoms. The summed E-state index contributed by atoms with van der Waals surface area (Å²) in [6, 6.07) is 7.65. The maximum absolute atomic E-state index is 12.4. The summed E-state index contributed by atoms with van der Waals surface area (Å²) in [5, 5.41) is 5.91. The van der Waals surface area contributed by atoms with Crippen LogP contribution < -0.4 is 10.6 Å². The highest BCUT2D eigenvalue weighted by molar-refractivity contribution is 9.10. The Hall–Kier alpha value is -1.36. The topological polar surface area (TPSA) is 58.2 Å². The molecule has 2 fully saturated rings. The van der Waals surface area contributed by atoms with Crippen molar-refractivity contribution in [1.29, 1.82) is 0 Å². The number of hydrogen-bond acceptors (Lipinski definition) is 2. The lowest BCUT2D eigenvalue weighted by Crippen LogP contribution is -2.43. The van der Waals surface area contributed by atoms with Crippen molar-refractivity contribution in [2.24, 2.45) is 5.41 Å². The first-order chi connectivity index (χ1) is 10.1. The first-order valence-electron chi connectivity index (χ1n) is 7.48. The molecule has 2 amide bonds. The zero-order chi connectivity index (χ0) is 14.9. The minimum Gasteiger partial charge on any atom is -0.352 e. The number of hydrogen-bond donors (Lipinski definition) is 2. The van der Waals surface area contributed by atoms with Crippen LogP contribution in [0.15, 0.2) is 28.7 Å². The Balaban J connectivity index is 1.62. The summed E-state index contributed by atoms with van der Waals surface area (Å²) in [6.45, 7) is 0. The van der Waals surface area contributed by atoms with Crippen LogP contribution in [-0.4, -0.2) is 17.9 Å². The zero-order valence-corrected chi connectivity index (χ0v) is 13.4. The molecular formula is C16H19BrN2O2. The maximum atomic E-state index is 12.4. The van der Waals surface area contributed by atoms with E-state index in [-0.39, 0.29) is 17.9 Å². The first-order valence-corrected chi connectivity index (χ1v) is 8.27. The largest absolute Gasteiger partial charge is 0.352 e. The van der Waals surface area contributed by atoms with Crippen molar-refractivity contribution in [1.82, 2.24) is 5.32 Å². The Morgan fingerprint density at radius 2 is 1.67 bits per heavy atom. The molecule has 2 aliphatic rings. The van der Waals surface area contributed by atoms with Gasteiger partial charge >= 0.3 is 0 Å². The van der Waals surface area contributed by atoms with E-state index in [4.69, 9.17) is 0 Å². The average Bonchev–Trinajstić information content (AvgIpc) is 3.14. The number of anilines is 1. The molecule has 1 aromatic rings. The lowest BCUT2D eigenvalue weighted by Gasteiger charge is -2.18. The summed E-state index contributed by atoms with van der Waals surface area (Å²) in [5.41, 5.74) is -0.113. The molecule has 0 heterocycles. The third kappa shape index (κ3) is 3.12. The fourth-order valence-electron chi connectivity index (χ4n) is 2.86. The van der Waals surface area contributed by atoms with Crippen LogP contribution in [0, 0.1) is 5.41 Å². The maximum Gasteiger partial charge on any atom is 0.240 e. The highest BCUT2D eigenvalue weighted by Gasteiger charge is 2.56. The average molecular weight is 351 g/mol. The van der Waals surface area contributed by atoms with Gasteiger partial charge in [0.25, 0.3) is 0 Å². The minimum absolute atomic E-state index is 0.0935. The molecule has 2 aliphatic carbocycles. The number of rotatable bonds is 4. The van der Waals surface area contributed by atoms with E-state index in [1.165, 1.54) is 12.8 Å². The zero-order valence-electron chi connectivity index (χ0n) is 11.8. The van der Waals surface area contributed by atoms with E-state index in [1.54, 1.807) is 0 Å². The molecule has 2 N–H and O–H groups in total. The van der Waals surface area contributed by atoms with Gasteiger partial charge in [-0.25, -0.2) is 0 Å². The number of carbonyl (C=O) groups excluding carboxylic acids is 2. The van der Waals surface area contributed by atoms with Crippen molar-refractivity contribution in [2.45, 2.75) is 44.6 Å². The Bertz CT molecular complexity index is 546. The van der Waals surface area contributed by atoms with Gasteiger partial charge in [-0.1, -0.05) is 28.8 Å². The van der Waals surface area contributed by atoms with E-state index < -0.39 is 5.41 Å². The van der Waals surface area contributed by atoms with Crippen molar-refractivity contribution in [3.8, 4) is 0 Å². The van der Waals surface area contributed by atoms with Crippen LogP contribution in [0.25, 0.3) is 0 Å². The molecular weight excluding hydrogens is 332 g/mol. The third-order valence-corrected chi connectivity index (χ3v) is 4.94. The van der Waals surface area contributed by atoms with Crippen molar-refractivity contribution >= 4 is 33.4 Å². The summed E-state index contributed by atoms with van der Waals surface area (Å²) < 4.78 is 0.959. The molecule has 0 saturated heterocycles. The molecule has 3 rings (SSSR count). The predicted molar refractivity (Wildman–Crippen MR) is 84.8 cm³/mol. The van der Waals surface area contributed by atoms with Gasteiger partial charge in [0.1, 0.15) is 5.41 Å². The summed E-state index contributed by atoms with van der Waals surface area (Å²) in [7, 11) is 0. The monoisotopic (exact) mass is 350 g/mol. The van der Waals surface area contributed by atoms with Gasteiger partial charge in [-0.3, -0.25) is 9.59 Å². The van der Waals surface area contributed by atoms with Crippen LogP contribution in [0.5, 0.6) is 0 Å². The molecule has 5 heteroatoms. The van der Waals surface area contributed by atoms with E-state index in [0.29, 0.717) is 12.8 Å². The number of carbonyl (C=O) groups is 2. The van der Waals surface area contributed by atoms with E-state index in [0.717, 1.165) is 23.0 Å². The molecule has 0 aliphatic heterocycles. The lowest BCUT2D eigenvalue weighted by molar-refractivity contribution is -0.134. The summed E-state index contributed by atoms with van der Waals surface area (Å²) in [4.78, 5) is 24.8. The highest BCUT2D eigenvalue weighted by atomic mass is 79.9. The van der Waals surface area contributed by atoms with Gasteiger partial charge in [-0.15, -0.1) is 0 Å². The molecule has 112 valence electrons. The smallest absolute Gasteiger partial charge is 0.240 e. The van der Waals surface area contributed by atoms with Crippen LogP contribution in [0.3, 0.4) is 0 Å². The summed E-state index contributed by atoms with van der Waals surface area (Å²) >= 11 is 3.36. The Kier molecular flexibility index (Phi) is 4.02. The first kappa shape index (κ1) is 14.6. The van der Waals surface area contributed by atoms with Gasteiger partial charge < -0.3 is 10.6 Å². The van der Waals surface area contributed by atoms with E-state index in [2.05, 4.69) is 26.6 Å². The second-order valence-corrected chi connectivity index (χ2v) is 6.91. The lowest BCUT2D eigenvalue weighted by atomic mass is 10.0. The fourth-order valence-corrected chi connectivity index (χ4v) is 3.12. The van der Waals surface area contributed by atoms with Gasteiger partial charge in [0, 0.05) is 16.2 Å². The van der Waals surface area contributed by atoms with Crippen LogP contribution in [-0.2, 0) is 9.59 Å². The number of halogens is 1. The van der Waals surface area contributed by atoms with E-state index in [1.807, 2.05) is 24.3 Å². The van der Waals surface area contributed by atoms with Gasteiger partial charge in [0.15, 0.2) is 0 Å². The van der Waals surface area contributed by atoms with Crippen LogP contribution in [0.1, 0.15) is 38.5 Å². The highest BCUT2D eigenvalue weighted by Crippen LogP contribution is 2.47. The number of benzene rings is 1. The van der Waals surface area contributed by atoms with Gasteiger partial charge in [-0.2, -0.15) is 0 Å². The van der Waals surface area contributed by atoms with Gasteiger partial charge in [0.05, 0.1) is 0 Å². The van der Waals surface area contributed by atoms with Gasteiger partial charge in [-0.05, 0) is 49.9 Å². The molecule has 1 aromatic carbocycles. The molecule has 0 radical (unpaired) electrons. The second-order valence-electron chi connectivity index (χ2n) is 6.00. The molecule has 0 atom stereocenters. The van der Waals surface area contributed by atoms with Crippen molar-refractivity contribution in [2.75, 3.05) is 5.32 Å². The standard InChI is InChI=1S/C16H19BrN2O2/c17-11-5-7-13(8-6-11)19-15(21)16(9-10-16)14(20)18-12-3-1-2-4-12/h5-8,12H,1-4,9-10H2,(H,18,20)(H,19,21). The quantitative estimate of drug-likeness (QED) is 0.819. The molecule has 2 saturated carbocycles. The molecule has 0 bridgehead atoms. The summed E-state index contributed by atoms with van der Waals surface area (Å²) in [5.74, 6) is -0.274. The SMILES string of the molecule is O=C(Nc1ccc(Br)cc1)C1(C(=O)NC2CCCC2)CC1. The van der Waals surface area contributed by atoms with Crippen LogP contribution >= 0.6 is 15.9 Å². The molecule has 0 aromatic heterocycles. The number of nitrogens with one attached hydrogen (secondary N) is 2. The Morgan fingerprint density at radius 1 is 1.05 bits per heavy atom. The Labute approximate surface area is 132 Å². The van der Waals surface area contributed by atoms with Crippen molar-refractivity contribution < 1.29 is 9.59 Å². The van der Waals surface area contributed by atoms with Crippen LogP contribution in [0.4, 0.5) is 5.69 Å². The number of amides is 2. The van der Waals surface area contributed by atoms with E-state index >= 15 is 0 Å². The van der Waals surface area contributed by atoms with Crippen molar-refractivity contribution in [3.63, 3.8) is 0 Å². The second kappa shape index (κ2) is 5.79. The predicted octanol–water partition coefficient (Wildman–Crippen LogP) is 3.23. The third-order valence-electron chi connectivity index (χ3n) is 4.41. The Morgan fingerprint density at radius 3 is 2.24 bits per heavy atom.